The van der Waals surface area contributed by atoms with E-state index in [1.807, 2.05) is 48.5 Å². The Hall–Kier alpha value is -2.27. The fraction of sp³-hybridized carbons (Fsp3) is 0.188. The summed E-state index contributed by atoms with van der Waals surface area (Å²) in [6.07, 6.45) is 1.16. The summed E-state index contributed by atoms with van der Waals surface area (Å²) in [6, 6.07) is 21.8. The first-order valence-electron chi connectivity index (χ1n) is 6.04. The summed E-state index contributed by atoms with van der Waals surface area (Å²) >= 11 is 0. The number of para-hydroxylation sites is 1. The van der Waals surface area contributed by atoms with Gasteiger partial charge in [-0.05, 0) is 24.1 Å². The number of nitriles is 1. The molecule has 1 unspecified atom stereocenters. The van der Waals surface area contributed by atoms with Crippen LogP contribution in [0.5, 0.6) is 5.75 Å². The summed E-state index contributed by atoms with van der Waals surface area (Å²) < 4.78 is 5.62. The molecule has 2 aromatic carbocycles. The predicted octanol–water partition coefficient (Wildman–Crippen LogP) is 3.59. The molecular formula is C16H15NO. The molecule has 0 aliphatic heterocycles. The topological polar surface area (TPSA) is 33.0 Å². The average molecular weight is 237 g/mol. The van der Waals surface area contributed by atoms with E-state index in [0.29, 0.717) is 6.42 Å². The summed E-state index contributed by atoms with van der Waals surface area (Å²) in [7, 11) is 0. The van der Waals surface area contributed by atoms with Gasteiger partial charge in [-0.1, -0.05) is 48.5 Å². The molecule has 2 aromatic rings. The summed E-state index contributed by atoms with van der Waals surface area (Å²) in [4.78, 5) is 0. The SMILES string of the molecule is N#CC(CCc1ccccc1)Oc1ccccc1. The molecule has 0 heterocycles. The van der Waals surface area contributed by atoms with Gasteiger partial charge in [-0.2, -0.15) is 5.26 Å². The van der Waals surface area contributed by atoms with Crippen LogP contribution in [0, 0.1) is 11.3 Å². The number of ether oxygens (including phenoxy) is 1. The molecule has 0 bridgehead atoms. The van der Waals surface area contributed by atoms with Gasteiger partial charge in [0.05, 0.1) is 0 Å². The first-order chi connectivity index (χ1) is 8.88. The van der Waals surface area contributed by atoms with Crippen molar-refractivity contribution in [2.24, 2.45) is 0 Å². The zero-order chi connectivity index (χ0) is 12.6. The van der Waals surface area contributed by atoms with Gasteiger partial charge in [-0.3, -0.25) is 0 Å². The lowest BCUT2D eigenvalue weighted by atomic mass is 10.1. The molecule has 0 fully saturated rings. The molecule has 2 heteroatoms. The number of benzene rings is 2. The molecule has 18 heavy (non-hydrogen) atoms. The predicted molar refractivity (Wildman–Crippen MR) is 71.2 cm³/mol. The van der Waals surface area contributed by atoms with Crippen LogP contribution in [0.2, 0.25) is 0 Å². The normalized spacial score (nSPS) is 11.5. The van der Waals surface area contributed by atoms with Crippen LogP contribution >= 0.6 is 0 Å². The number of hydrogen-bond acceptors (Lipinski definition) is 2. The molecule has 0 radical (unpaired) electrons. The number of aryl methyl sites for hydroxylation is 1. The third kappa shape index (κ3) is 3.64. The van der Waals surface area contributed by atoms with Gasteiger partial charge in [0.2, 0.25) is 0 Å². The van der Waals surface area contributed by atoms with E-state index in [1.54, 1.807) is 0 Å². The van der Waals surface area contributed by atoms with Gasteiger partial charge < -0.3 is 4.74 Å². The van der Waals surface area contributed by atoms with E-state index in [-0.39, 0.29) is 0 Å². The van der Waals surface area contributed by atoms with Crippen LogP contribution in [0.4, 0.5) is 0 Å². The van der Waals surface area contributed by atoms with Gasteiger partial charge in [0, 0.05) is 6.42 Å². The van der Waals surface area contributed by atoms with Gasteiger partial charge in [-0.25, -0.2) is 0 Å². The highest BCUT2D eigenvalue weighted by atomic mass is 16.5. The van der Waals surface area contributed by atoms with Crippen LogP contribution in [0.3, 0.4) is 0 Å². The molecule has 2 rings (SSSR count). The van der Waals surface area contributed by atoms with Crippen molar-refractivity contribution in [2.75, 3.05) is 0 Å². The van der Waals surface area contributed by atoms with Crippen molar-refractivity contribution in [3.05, 3.63) is 66.2 Å². The largest absolute Gasteiger partial charge is 0.476 e. The maximum atomic E-state index is 9.09. The Morgan fingerprint density at radius 2 is 1.56 bits per heavy atom. The van der Waals surface area contributed by atoms with Crippen molar-refractivity contribution < 1.29 is 4.74 Å². The Morgan fingerprint density at radius 1 is 0.944 bits per heavy atom. The standard InChI is InChI=1S/C16H15NO/c17-13-16(18-15-9-5-2-6-10-15)12-11-14-7-3-1-4-8-14/h1-10,16H,11-12H2. The molecule has 0 aromatic heterocycles. The molecule has 0 amide bonds. The van der Waals surface area contributed by atoms with E-state index in [0.717, 1.165) is 12.2 Å². The van der Waals surface area contributed by atoms with Gasteiger partial charge in [-0.15, -0.1) is 0 Å². The first-order valence-corrected chi connectivity index (χ1v) is 6.04. The van der Waals surface area contributed by atoms with Crippen LogP contribution in [0.1, 0.15) is 12.0 Å². The monoisotopic (exact) mass is 237 g/mol. The molecule has 0 saturated carbocycles. The molecule has 0 saturated heterocycles. The van der Waals surface area contributed by atoms with Crippen molar-refractivity contribution in [1.29, 1.82) is 5.26 Å². The van der Waals surface area contributed by atoms with E-state index in [2.05, 4.69) is 18.2 Å². The van der Waals surface area contributed by atoms with Crippen LogP contribution in [0.15, 0.2) is 60.7 Å². The summed E-state index contributed by atoms with van der Waals surface area (Å²) in [5.74, 6) is 0.747. The van der Waals surface area contributed by atoms with Crippen molar-refractivity contribution in [2.45, 2.75) is 18.9 Å². The highest BCUT2D eigenvalue weighted by Gasteiger charge is 2.08. The maximum Gasteiger partial charge on any atom is 0.184 e. The van der Waals surface area contributed by atoms with Gasteiger partial charge in [0.1, 0.15) is 11.8 Å². The lowest BCUT2D eigenvalue weighted by Gasteiger charge is -2.12. The molecule has 0 N–H and O–H groups in total. The molecule has 90 valence electrons. The van der Waals surface area contributed by atoms with Gasteiger partial charge in [0.15, 0.2) is 6.10 Å². The third-order valence-electron chi connectivity index (χ3n) is 2.70. The lowest BCUT2D eigenvalue weighted by Crippen LogP contribution is -2.14. The number of hydrogen-bond donors (Lipinski definition) is 0. The lowest BCUT2D eigenvalue weighted by molar-refractivity contribution is 0.245. The Bertz CT molecular complexity index is 502. The van der Waals surface area contributed by atoms with E-state index >= 15 is 0 Å². The minimum absolute atomic E-state index is 0.396. The van der Waals surface area contributed by atoms with E-state index in [9.17, 15) is 0 Å². The molecule has 2 nitrogen and oxygen atoms in total. The minimum atomic E-state index is -0.396. The molecule has 0 spiro atoms. The Morgan fingerprint density at radius 3 is 2.17 bits per heavy atom. The van der Waals surface area contributed by atoms with Crippen molar-refractivity contribution in [1.82, 2.24) is 0 Å². The summed E-state index contributed by atoms with van der Waals surface area (Å²) in [5.41, 5.74) is 1.23. The van der Waals surface area contributed by atoms with E-state index in [1.165, 1.54) is 5.56 Å². The van der Waals surface area contributed by atoms with Crippen LogP contribution in [-0.2, 0) is 6.42 Å². The van der Waals surface area contributed by atoms with Crippen LogP contribution in [0.25, 0.3) is 0 Å². The van der Waals surface area contributed by atoms with E-state index < -0.39 is 6.10 Å². The third-order valence-corrected chi connectivity index (χ3v) is 2.70. The number of rotatable bonds is 5. The van der Waals surface area contributed by atoms with Gasteiger partial charge >= 0.3 is 0 Å². The molecular weight excluding hydrogens is 222 g/mol. The fourth-order valence-electron chi connectivity index (χ4n) is 1.76. The Kier molecular flexibility index (Phi) is 4.38. The fourth-order valence-corrected chi connectivity index (χ4v) is 1.76. The van der Waals surface area contributed by atoms with Crippen molar-refractivity contribution in [3.8, 4) is 11.8 Å². The zero-order valence-electron chi connectivity index (χ0n) is 10.1. The number of nitrogens with zero attached hydrogens (tertiary/aromatic N) is 1. The Labute approximate surface area is 107 Å². The summed E-state index contributed by atoms with van der Waals surface area (Å²) in [6.45, 7) is 0. The second-order valence-electron chi connectivity index (χ2n) is 4.07. The highest BCUT2D eigenvalue weighted by Crippen LogP contribution is 2.14. The quantitative estimate of drug-likeness (QED) is 0.796. The molecule has 0 aliphatic rings. The minimum Gasteiger partial charge on any atom is -0.476 e. The maximum absolute atomic E-state index is 9.09. The summed E-state index contributed by atoms with van der Waals surface area (Å²) in [5, 5.41) is 9.09. The highest BCUT2D eigenvalue weighted by molar-refractivity contribution is 5.22. The van der Waals surface area contributed by atoms with Crippen LogP contribution in [-0.4, -0.2) is 6.10 Å². The average Bonchev–Trinajstić information content (AvgIpc) is 2.45. The van der Waals surface area contributed by atoms with Gasteiger partial charge in [0.25, 0.3) is 0 Å². The second kappa shape index (κ2) is 6.46. The molecule has 0 aliphatic carbocycles. The first kappa shape index (κ1) is 12.2. The van der Waals surface area contributed by atoms with Crippen molar-refractivity contribution >= 4 is 0 Å². The molecule has 1 atom stereocenters. The van der Waals surface area contributed by atoms with E-state index in [4.69, 9.17) is 10.00 Å². The smallest absolute Gasteiger partial charge is 0.184 e. The Balaban J connectivity index is 1.89. The van der Waals surface area contributed by atoms with Crippen molar-refractivity contribution in [3.63, 3.8) is 0 Å². The second-order valence-corrected chi connectivity index (χ2v) is 4.07. The zero-order valence-corrected chi connectivity index (χ0v) is 10.1. The van der Waals surface area contributed by atoms with Crippen LogP contribution < -0.4 is 4.74 Å².